The number of halogens is 1. The Balaban J connectivity index is 2.25. The zero-order valence-electron chi connectivity index (χ0n) is 9.55. The number of nitrogens with zero attached hydrogens (tertiary/aromatic N) is 2. The summed E-state index contributed by atoms with van der Waals surface area (Å²) in [6.07, 6.45) is 0. The third-order valence-corrected chi connectivity index (χ3v) is 3.72. The summed E-state index contributed by atoms with van der Waals surface area (Å²) in [5.74, 6) is 1.33. The Morgan fingerprint density at radius 2 is 2.00 bits per heavy atom. The lowest BCUT2D eigenvalue weighted by atomic mass is 10.2. The van der Waals surface area contributed by atoms with E-state index in [0.29, 0.717) is 11.0 Å². The summed E-state index contributed by atoms with van der Waals surface area (Å²) < 4.78 is 5.31. The molecule has 0 saturated carbocycles. The highest BCUT2D eigenvalue weighted by atomic mass is 35.5. The van der Waals surface area contributed by atoms with E-state index in [2.05, 4.69) is 9.97 Å². The number of aromatic nitrogens is 2. The number of fused-ring (bicyclic) bond motifs is 1. The van der Waals surface area contributed by atoms with Crippen LogP contribution in [-0.2, 0) is 0 Å². The lowest BCUT2D eigenvalue weighted by molar-refractivity contribution is 0.416. The molecule has 3 aromatic rings. The molecule has 0 N–H and O–H groups in total. The molecule has 0 aliphatic rings. The number of benzene rings is 1. The van der Waals surface area contributed by atoms with Crippen LogP contribution < -0.4 is 4.74 Å². The van der Waals surface area contributed by atoms with E-state index in [4.69, 9.17) is 16.3 Å². The van der Waals surface area contributed by atoms with E-state index in [0.717, 1.165) is 21.5 Å². The fourth-order valence-electron chi connectivity index (χ4n) is 1.77. The Bertz CT molecular complexity index is 711. The molecule has 0 atom stereocenters. The lowest BCUT2D eigenvalue weighted by Gasteiger charge is -2.07. The number of rotatable bonds is 2. The smallest absolute Gasteiger partial charge is 0.166 e. The number of ether oxygens (including phenoxy) is 1. The van der Waals surface area contributed by atoms with Gasteiger partial charge in [0.1, 0.15) is 15.7 Å². The van der Waals surface area contributed by atoms with Crippen molar-refractivity contribution < 1.29 is 4.74 Å². The summed E-state index contributed by atoms with van der Waals surface area (Å²) in [5.41, 5.74) is 0.845. The predicted octanol–water partition coefficient (Wildman–Crippen LogP) is 4.02. The number of thiophene rings is 1. The van der Waals surface area contributed by atoms with E-state index < -0.39 is 0 Å². The third kappa shape index (κ3) is 1.83. The van der Waals surface area contributed by atoms with Crippen molar-refractivity contribution in [1.29, 1.82) is 0 Å². The number of hydrogen-bond acceptors (Lipinski definition) is 4. The number of hydrogen-bond donors (Lipinski definition) is 0. The van der Waals surface area contributed by atoms with Crippen LogP contribution >= 0.6 is 22.9 Å². The molecule has 3 rings (SSSR count). The highest BCUT2D eigenvalue weighted by Gasteiger charge is 2.12. The van der Waals surface area contributed by atoms with Gasteiger partial charge in [0.2, 0.25) is 0 Å². The fourth-order valence-corrected chi connectivity index (χ4v) is 2.82. The van der Waals surface area contributed by atoms with Crippen molar-refractivity contribution >= 4 is 33.2 Å². The van der Waals surface area contributed by atoms with Gasteiger partial charge in [0, 0.05) is 5.39 Å². The Kier molecular flexibility index (Phi) is 2.89. The van der Waals surface area contributed by atoms with Gasteiger partial charge in [-0.1, -0.05) is 23.7 Å². The monoisotopic (exact) mass is 276 g/mol. The SMILES string of the molecule is COc1ccccc1-c1nc(Cl)c2ccsc2n1. The maximum Gasteiger partial charge on any atom is 0.166 e. The Morgan fingerprint density at radius 1 is 1.17 bits per heavy atom. The second-order valence-electron chi connectivity index (χ2n) is 3.68. The van der Waals surface area contributed by atoms with Gasteiger partial charge in [-0.15, -0.1) is 11.3 Å². The van der Waals surface area contributed by atoms with E-state index >= 15 is 0 Å². The molecule has 5 heteroatoms. The van der Waals surface area contributed by atoms with Crippen LogP contribution in [0, 0.1) is 0 Å². The summed E-state index contributed by atoms with van der Waals surface area (Å²) in [6, 6.07) is 9.56. The van der Waals surface area contributed by atoms with Crippen LogP contribution in [0.5, 0.6) is 5.75 Å². The highest BCUT2D eigenvalue weighted by Crippen LogP contribution is 2.31. The molecule has 18 heavy (non-hydrogen) atoms. The quantitative estimate of drug-likeness (QED) is 0.663. The zero-order valence-corrected chi connectivity index (χ0v) is 11.1. The molecule has 1 aromatic carbocycles. The summed E-state index contributed by atoms with van der Waals surface area (Å²) >= 11 is 7.71. The van der Waals surface area contributed by atoms with Crippen LogP contribution in [0.2, 0.25) is 5.15 Å². The van der Waals surface area contributed by atoms with Crippen molar-refractivity contribution in [1.82, 2.24) is 9.97 Å². The van der Waals surface area contributed by atoms with Crippen molar-refractivity contribution in [3.8, 4) is 17.1 Å². The molecule has 0 radical (unpaired) electrons. The molecular weight excluding hydrogens is 268 g/mol. The van der Waals surface area contributed by atoms with E-state index in [1.807, 2.05) is 35.7 Å². The Labute approximate surface area is 113 Å². The fraction of sp³-hybridized carbons (Fsp3) is 0.0769. The van der Waals surface area contributed by atoms with Crippen molar-refractivity contribution in [2.75, 3.05) is 7.11 Å². The molecule has 2 aromatic heterocycles. The average molecular weight is 277 g/mol. The summed E-state index contributed by atoms with van der Waals surface area (Å²) in [7, 11) is 1.63. The second-order valence-corrected chi connectivity index (χ2v) is 4.93. The lowest BCUT2D eigenvalue weighted by Crippen LogP contribution is -1.93. The first-order valence-electron chi connectivity index (χ1n) is 5.33. The minimum atomic E-state index is 0.474. The van der Waals surface area contributed by atoms with Crippen molar-refractivity contribution in [2.24, 2.45) is 0 Å². The normalized spacial score (nSPS) is 10.8. The van der Waals surface area contributed by atoms with Crippen LogP contribution in [-0.4, -0.2) is 17.1 Å². The molecule has 0 fully saturated rings. The van der Waals surface area contributed by atoms with E-state index in [1.165, 1.54) is 0 Å². The molecular formula is C13H9ClN2OS. The van der Waals surface area contributed by atoms with Gasteiger partial charge in [-0.2, -0.15) is 0 Å². The van der Waals surface area contributed by atoms with Crippen LogP contribution in [0.1, 0.15) is 0 Å². The van der Waals surface area contributed by atoms with Gasteiger partial charge in [-0.05, 0) is 23.6 Å². The molecule has 0 unspecified atom stereocenters. The van der Waals surface area contributed by atoms with Crippen LogP contribution in [0.25, 0.3) is 21.6 Å². The standard InChI is InChI=1S/C13H9ClN2OS/c1-17-10-5-3-2-4-8(10)12-15-11(14)9-6-7-18-13(9)16-12/h2-7H,1H3. The van der Waals surface area contributed by atoms with Gasteiger partial charge in [0.05, 0.1) is 12.7 Å². The van der Waals surface area contributed by atoms with Gasteiger partial charge in [0.15, 0.2) is 5.82 Å². The summed E-state index contributed by atoms with van der Waals surface area (Å²) in [4.78, 5) is 9.74. The molecule has 2 heterocycles. The minimum Gasteiger partial charge on any atom is -0.496 e. The number of methoxy groups -OCH3 is 1. The summed E-state index contributed by atoms with van der Waals surface area (Å²) in [6.45, 7) is 0. The van der Waals surface area contributed by atoms with Gasteiger partial charge >= 0.3 is 0 Å². The topological polar surface area (TPSA) is 35.0 Å². The molecule has 0 aliphatic carbocycles. The number of para-hydroxylation sites is 1. The van der Waals surface area contributed by atoms with Crippen LogP contribution in [0.15, 0.2) is 35.7 Å². The second kappa shape index (κ2) is 4.55. The van der Waals surface area contributed by atoms with Crippen LogP contribution in [0.3, 0.4) is 0 Å². The van der Waals surface area contributed by atoms with Crippen molar-refractivity contribution in [3.05, 3.63) is 40.9 Å². The zero-order chi connectivity index (χ0) is 12.5. The first-order chi connectivity index (χ1) is 8.79. The minimum absolute atomic E-state index is 0.474. The van der Waals surface area contributed by atoms with Gasteiger partial charge in [-0.25, -0.2) is 9.97 Å². The predicted molar refractivity (Wildman–Crippen MR) is 74.4 cm³/mol. The molecule has 0 saturated heterocycles. The third-order valence-electron chi connectivity index (χ3n) is 2.63. The Hall–Kier alpha value is -1.65. The van der Waals surface area contributed by atoms with Gasteiger partial charge in [-0.3, -0.25) is 0 Å². The van der Waals surface area contributed by atoms with E-state index in [-0.39, 0.29) is 0 Å². The first kappa shape index (κ1) is 11.4. The largest absolute Gasteiger partial charge is 0.496 e. The van der Waals surface area contributed by atoms with Gasteiger partial charge in [0.25, 0.3) is 0 Å². The molecule has 3 nitrogen and oxygen atoms in total. The molecule has 0 aliphatic heterocycles. The maximum absolute atomic E-state index is 6.16. The average Bonchev–Trinajstić information content (AvgIpc) is 2.87. The highest BCUT2D eigenvalue weighted by molar-refractivity contribution is 7.16. The Morgan fingerprint density at radius 3 is 2.83 bits per heavy atom. The van der Waals surface area contributed by atoms with Crippen LogP contribution in [0.4, 0.5) is 0 Å². The molecule has 90 valence electrons. The molecule has 0 amide bonds. The van der Waals surface area contributed by atoms with Gasteiger partial charge < -0.3 is 4.74 Å². The van der Waals surface area contributed by atoms with E-state index in [1.54, 1.807) is 18.4 Å². The van der Waals surface area contributed by atoms with Crippen molar-refractivity contribution in [3.63, 3.8) is 0 Å². The maximum atomic E-state index is 6.16. The van der Waals surface area contributed by atoms with E-state index in [9.17, 15) is 0 Å². The van der Waals surface area contributed by atoms with Crippen molar-refractivity contribution in [2.45, 2.75) is 0 Å². The first-order valence-corrected chi connectivity index (χ1v) is 6.59. The molecule has 0 bridgehead atoms. The molecule has 0 spiro atoms. The summed E-state index contributed by atoms with van der Waals surface area (Å²) in [5, 5.41) is 3.32.